The number of carboxylic acid groups (broad SMARTS) is 1. The van der Waals surface area contributed by atoms with Gasteiger partial charge in [0.1, 0.15) is 6.04 Å². The number of nitrogens with one attached hydrogen (secondary N) is 1. The Labute approximate surface area is 121 Å². The normalized spacial score (nSPS) is 26.4. The van der Waals surface area contributed by atoms with E-state index >= 15 is 0 Å². The lowest BCUT2D eigenvalue weighted by molar-refractivity contribution is -0.142. The lowest BCUT2D eigenvalue weighted by atomic mass is 10.1. The topological polar surface area (TPSA) is 119 Å². The van der Waals surface area contributed by atoms with E-state index in [1.165, 1.54) is 9.80 Å². The zero-order chi connectivity index (χ0) is 15.4. The fourth-order valence-electron chi connectivity index (χ4n) is 2.50. The highest BCUT2D eigenvalue weighted by Gasteiger charge is 2.37. The maximum atomic E-state index is 12.5. The summed E-state index contributed by atoms with van der Waals surface area (Å²) in [5.74, 6) is -1.59. The van der Waals surface area contributed by atoms with Crippen molar-refractivity contribution >= 4 is 17.9 Å². The van der Waals surface area contributed by atoms with E-state index < -0.39 is 36.5 Å². The second-order valence-corrected chi connectivity index (χ2v) is 5.00. The minimum atomic E-state index is -1.13. The number of piperazine rings is 1. The molecule has 2 aliphatic rings. The SMILES string of the molecule is O=C(O)CC1C(=O)NCCN1C(=O)N1CCOC(CO)C1. The summed E-state index contributed by atoms with van der Waals surface area (Å²) in [4.78, 5) is 37.9. The molecule has 0 aromatic heterocycles. The molecule has 2 heterocycles. The molecule has 2 saturated heterocycles. The zero-order valence-corrected chi connectivity index (χ0v) is 11.5. The fourth-order valence-corrected chi connectivity index (χ4v) is 2.50. The Bertz CT molecular complexity index is 429. The highest BCUT2D eigenvalue weighted by atomic mass is 16.5. The van der Waals surface area contributed by atoms with Crippen LogP contribution in [0.1, 0.15) is 6.42 Å². The summed E-state index contributed by atoms with van der Waals surface area (Å²) in [5, 5.41) is 20.6. The van der Waals surface area contributed by atoms with E-state index in [1.54, 1.807) is 0 Å². The van der Waals surface area contributed by atoms with E-state index in [0.29, 0.717) is 19.7 Å². The third kappa shape index (κ3) is 3.61. The monoisotopic (exact) mass is 301 g/mol. The van der Waals surface area contributed by atoms with Gasteiger partial charge in [-0.1, -0.05) is 0 Å². The molecule has 0 saturated carbocycles. The molecule has 2 aliphatic heterocycles. The molecule has 3 amide bonds. The summed E-state index contributed by atoms with van der Waals surface area (Å²) in [7, 11) is 0. The molecule has 2 rings (SSSR count). The van der Waals surface area contributed by atoms with Crippen molar-refractivity contribution in [3.8, 4) is 0 Å². The minimum Gasteiger partial charge on any atom is -0.481 e. The average Bonchev–Trinajstić information content (AvgIpc) is 2.48. The summed E-state index contributed by atoms with van der Waals surface area (Å²) in [6.45, 7) is 1.27. The molecule has 21 heavy (non-hydrogen) atoms. The zero-order valence-electron chi connectivity index (χ0n) is 11.5. The highest BCUT2D eigenvalue weighted by Crippen LogP contribution is 2.14. The van der Waals surface area contributed by atoms with Gasteiger partial charge in [0.2, 0.25) is 5.91 Å². The van der Waals surface area contributed by atoms with Crippen molar-refractivity contribution in [2.24, 2.45) is 0 Å². The van der Waals surface area contributed by atoms with E-state index in [4.69, 9.17) is 14.9 Å². The molecular formula is C12H19N3O6. The number of aliphatic hydroxyl groups excluding tert-OH is 1. The van der Waals surface area contributed by atoms with E-state index in [0.717, 1.165) is 0 Å². The molecule has 3 N–H and O–H groups in total. The molecule has 2 fully saturated rings. The van der Waals surface area contributed by atoms with Crippen LogP contribution in [0.25, 0.3) is 0 Å². The van der Waals surface area contributed by atoms with Gasteiger partial charge in [-0.15, -0.1) is 0 Å². The first kappa shape index (κ1) is 15.5. The lowest BCUT2D eigenvalue weighted by Gasteiger charge is -2.40. The van der Waals surface area contributed by atoms with Gasteiger partial charge in [0.25, 0.3) is 0 Å². The first-order valence-corrected chi connectivity index (χ1v) is 6.80. The third-order valence-electron chi connectivity index (χ3n) is 3.56. The number of aliphatic carboxylic acids is 1. The van der Waals surface area contributed by atoms with Crippen LogP contribution in [-0.4, -0.2) is 89.5 Å². The van der Waals surface area contributed by atoms with Crippen molar-refractivity contribution in [3.05, 3.63) is 0 Å². The van der Waals surface area contributed by atoms with E-state index in [-0.39, 0.29) is 19.7 Å². The Morgan fingerprint density at radius 3 is 2.81 bits per heavy atom. The van der Waals surface area contributed by atoms with Gasteiger partial charge >= 0.3 is 12.0 Å². The van der Waals surface area contributed by atoms with Crippen LogP contribution in [0.4, 0.5) is 4.79 Å². The van der Waals surface area contributed by atoms with Gasteiger partial charge < -0.3 is 30.1 Å². The van der Waals surface area contributed by atoms with Gasteiger partial charge in [0.15, 0.2) is 0 Å². The Hall–Kier alpha value is -1.87. The standard InChI is InChI=1S/C12H19N3O6/c16-7-8-6-14(3-4-21-8)12(20)15-2-1-13-11(19)9(15)5-10(17)18/h8-9,16H,1-7H2,(H,13,19)(H,17,18). The summed E-state index contributed by atoms with van der Waals surface area (Å²) in [5.41, 5.74) is 0. The van der Waals surface area contributed by atoms with Crippen LogP contribution < -0.4 is 5.32 Å². The maximum absolute atomic E-state index is 12.5. The number of morpholine rings is 1. The Morgan fingerprint density at radius 1 is 1.38 bits per heavy atom. The van der Waals surface area contributed by atoms with E-state index in [9.17, 15) is 14.4 Å². The summed E-state index contributed by atoms with van der Waals surface area (Å²) in [6, 6.07) is -1.39. The van der Waals surface area contributed by atoms with Gasteiger partial charge in [-0.3, -0.25) is 9.59 Å². The van der Waals surface area contributed by atoms with Crippen molar-refractivity contribution in [1.82, 2.24) is 15.1 Å². The van der Waals surface area contributed by atoms with Gasteiger partial charge in [0.05, 0.1) is 32.3 Å². The van der Waals surface area contributed by atoms with Crippen LogP contribution in [0.2, 0.25) is 0 Å². The number of urea groups is 1. The molecule has 118 valence electrons. The number of rotatable bonds is 3. The number of aliphatic hydroxyl groups is 1. The third-order valence-corrected chi connectivity index (χ3v) is 3.56. The quantitative estimate of drug-likeness (QED) is 0.559. The van der Waals surface area contributed by atoms with Crippen molar-refractivity contribution in [2.75, 3.05) is 39.4 Å². The molecule has 9 heteroatoms. The van der Waals surface area contributed by atoms with E-state index in [1.807, 2.05) is 0 Å². The molecule has 0 spiro atoms. The fraction of sp³-hybridized carbons (Fsp3) is 0.750. The molecular weight excluding hydrogens is 282 g/mol. The molecule has 0 aromatic rings. The highest BCUT2D eigenvalue weighted by molar-refractivity contribution is 5.91. The van der Waals surface area contributed by atoms with Gasteiger partial charge in [0, 0.05) is 19.6 Å². The van der Waals surface area contributed by atoms with Crippen LogP contribution in [0, 0.1) is 0 Å². The van der Waals surface area contributed by atoms with Gasteiger partial charge in [-0.25, -0.2) is 4.79 Å². The first-order valence-electron chi connectivity index (χ1n) is 6.80. The number of carbonyl (C=O) groups excluding carboxylic acids is 2. The van der Waals surface area contributed by atoms with Gasteiger partial charge in [-0.05, 0) is 0 Å². The van der Waals surface area contributed by atoms with Crippen molar-refractivity contribution < 1.29 is 29.3 Å². The molecule has 0 bridgehead atoms. The van der Waals surface area contributed by atoms with Crippen molar-refractivity contribution in [3.63, 3.8) is 0 Å². The summed E-state index contributed by atoms with van der Waals surface area (Å²) < 4.78 is 5.27. The van der Waals surface area contributed by atoms with Crippen LogP contribution >= 0.6 is 0 Å². The lowest BCUT2D eigenvalue weighted by Crippen LogP contribution is -2.62. The van der Waals surface area contributed by atoms with Crippen molar-refractivity contribution in [1.29, 1.82) is 0 Å². The van der Waals surface area contributed by atoms with Crippen LogP contribution in [0.3, 0.4) is 0 Å². The molecule has 0 radical (unpaired) electrons. The van der Waals surface area contributed by atoms with Crippen LogP contribution in [-0.2, 0) is 14.3 Å². The largest absolute Gasteiger partial charge is 0.481 e. The number of carboxylic acids is 1. The smallest absolute Gasteiger partial charge is 0.320 e. The van der Waals surface area contributed by atoms with Crippen LogP contribution in [0.15, 0.2) is 0 Å². The van der Waals surface area contributed by atoms with E-state index in [2.05, 4.69) is 5.32 Å². The molecule has 2 atom stereocenters. The van der Waals surface area contributed by atoms with Gasteiger partial charge in [-0.2, -0.15) is 0 Å². The van der Waals surface area contributed by atoms with Crippen molar-refractivity contribution in [2.45, 2.75) is 18.6 Å². The minimum absolute atomic E-state index is 0.192. The number of hydrogen-bond acceptors (Lipinski definition) is 5. The number of nitrogens with zero attached hydrogens (tertiary/aromatic N) is 2. The predicted octanol–water partition coefficient (Wildman–Crippen LogP) is -1.93. The summed E-state index contributed by atoms with van der Waals surface area (Å²) in [6.07, 6.45) is -0.870. The molecule has 0 aliphatic carbocycles. The Balaban J connectivity index is 2.07. The molecule has 0 aromatic carbocycles. The second-order valence-electron chi connectivity index (χ2n) is 5.00. The Morgan fingerprint density at radius 2 is 2.14 bits per heavy atom. The summed E-state index contributed by atoms with van der Waals surface area (Å²) >= 11 is 0. The average molecular weight is 301 g/mol. The second kappa shape index (κ2) is 6.72. The number of ether oxygens (including phenoxy) is 1. The molecule has 9 nitrogen and oxygen atoms in total. The van der Waals surface area contributed by atoms with Crippen LogP contribution in [0.5, 0.6) is 0 Å². The Kier molecular flexibility index (Phi) is 4.97. The number of hydrogen-bond donors (Lipinski definition) is 3. The number of amides is 3. The predicted molar refractivity (Wildman–Crippen MR) is 69.6 cm³/mol. The maximum Gasteiger partial charge on any atom is 0.320 e. The first-order chi connectivity index (χ1) is 10.0. The number of carbonyl (C=O) groups is 3. The molecule has 2 unspecified atom stereocenters.